The molecule has 2 aromatic heterocycles. The largest absolute Gasteiger partial charge is 0.451 e. The Kier molecular flexibility index (Phi) is 4.07. The molecule has 0 aliphatic rings. The maximum Gasteiger partial charge on any atom is 0.451 e. The fraction of sp³-hybridized carbons (Fsp3) is 0.545. The molecule has 6 nitrogen and oxygen atoms in total. The normalized spacial score (nSPS) is 13.7. The summed E-state index contributed by atoms with van der Waals surface area (Å²) in [7, 11) is 0. The Morgan fingerprint density at radius 1 is 1.40 bits per heavy atom. The van der Waals surface area contributed by atoms with E-state index >= 15 is 0 Å². The van der Waals surface area contributed by atoms with Crippen LogP contribution in [-0.4, -0.2) is 37.7 Å². The van der Waals surface area contributed by atoms with Gasteiger partial charge in [-0.2, -0.15) is 13.2 Å². The van der Waals surface area contributed by atoms with Crippen molar-refractivity contribution in [2.45, 2.75) is 32.0 Å². The zero-order valence-electron chi connectivity index (χ0n) is 10.7. The van der Waals surface area contributed by atoms with Gasteiger partial charge in [-0.15, -0.1) is 0 Å². The van der Waals surface area contributed by atoms with E-state index in [9.17, 15) is 13.2 Å². The number of hydrogen-bond acceptors (Lipinski definition) is 5. The van der Waals surface area contributed by atoms with Gasteiger partial charge < -0.3 is 15.4 Å². The first-order valence-corrected chi connectivity index (χ1v) is 6.11. The van der Waals surface area contributed by atoms with Crippen molar-refractivity contribution in [3.63, 3.8) is 0 Å². The van der Waals surface area contributed by atoms with Crippen molar-refractivity contribution in [3.8, 4) is 0 Å². The third-order valence-electron chi connectivity index (χ3n) is 2.85. The van der Waals surface area contributed by atoms with Crippen molar-refractivity contribution in [1.29, 1.82) is 0 Å². The number of fused-ring (bicyclic) bond motifs is 1. The van der Waals surface area contributed by atoms with Crippen molar-refractivity contribution in [2.24, 2.45) is 0 Å². The van der Waals surface area contributed by atoms with Crippen LogP contribution in [0.3, 0.4) is 0 Å². The Morgan fingerprint density at radius 2 is 2.15 bits per heavy atom. The molecule has 0 unspecified atom stereocenters. The number of anilines is 1. The zero-order valence-corrected chi connectivity index (χ0v) is 10.7. The second-order valence-corrected chi connectivity index (χ2v) is 4.26. The Hall–Kier alpha value is -1.90. The molecular formula is C11H14F3N5O. The molecule has 0 aromatic carbocycles. The molecule has 2 aromatic rings. The molecule has 2 rings (SSSR count). The Labute approximate surface area is 112 Å². The number of alkyl halides is 3. The van der Waals surface area contributed by atoms with Crippen molar-refractivity contribution >= 4 is 17.0 Å². The van der Waals surface area contributed by atoms with Gasteiger partial charge in [0.2, 0.25) is 5.82 Å². The zero-order chi connectivity index (χ0) is 14.8. The number of aliphatic hydroxyl groups is 1. The van der Waals surface area contributed by atoms with Crippen LogP contribution in [0.4, 0.5) is 19.0 Å². The average molecular weight is 289 g/mol. The summed E-state index contributed by atoms with van der Waals surface area (Å²) in [4.78, 5) is 13.3. The SMILES string of the molecule is CC[C@@H](CCO)Nc1nc(C(F)(F)F)nc2nc[nH]c12. The molecular weight excluding hydrogens is 275 g/mol. The Morgan fingerprint density at radius 3 is 2.75 bits per heavy atom. The van der Waals surface area contributed by atoms with Gasteiger partial charge >= 0.3 is 6.18 Å². The molecule has 0 radical (unpaired) electrons. The van der Waals surface area contributed by atoms with Crippen molar-refractivity contribution in [1.82, 2.24) is 19.9 Å². The Balaban J connectivity index is 2.42. The highest BCUT2D eigenvalue weighted by atomic mass is 19.4. The monoisotopic (exact) mass is 289 g/mol. The van der Waals surface area contributed by atoms with E-state index in [4.69, 9.17) is 5.11 Å². The summed E-state index contributed by atoms with van der Waals surface area (Å²) in [5.41, 5.74) is 0.267. The molecule has 110 valence electrons. The standard InChI is InChI=1S/C11H14F3N5O/c1-2-6(3-4-20)17-9-7-8(16-5-15-7)18-10(19-9)11(12,13)14/h5-6,20H,2-4H2,1H3,(H2,15,16,17,18,19)/t6-/m0/s1. The van der Waals surface area contributed by atoms with Gasteiger partial charge in [0.25, 0.3) is 0 Å². The van der Waals surface area contributed by atoms with Crippen molar-refractivity contribution in [2.75, 3.05) is 11.9 Å². The summed E-state index contributed by atoms with van der Waals surface area (Å²) in [6.07, 6.45) is -2.32. The van der Waals surface area contributed by atoms with E-state index in [1.54, 1.807) is 0 Å². The first-order chi connectivity index (χ1) is 9.45. The van der Waals surface area contributed by atoms with Crippen LogP contribution >= 0.6 is 0 Å². The van der Waals surface area contributed by atoms with Crippen LogP contribution in [-0.2, 0) is 6.18 Å². The molecule has 0 spiro atoms. The van der Waals surface area contributed by atoms with Crippen LogP contribution < -0.4 is 5.32 Å². The lowest BCUT2D eigenvalue weighted by atomic mass is 10.1. The fourth-order valence-corrected chi connectivity index (χ4v) is 1.79. The van der Waals surface area contributed by atoms with Crippen LogP contribution in [0.15, 0.2) is 6.33 Å². The number of hydrogen-bond donors (Lipinski definition) is 3. The molecule has 0 aliphatic heterocycles. The summed E-state index contributed by atoms with van der Waals surface area (Å²) < 4.78 is 38.2. The van der Waals surface area contributed by atoms with Crippen LogP contribution in [0.25, 0.3) is 11.2 Å². The minimum Gasteiger partial charge on any atom is -0.396 e. The second-order valence-electron chi connectivity index (χ2n) is 4.26. The molecule has 9 heteroatoms. The maximum atomic E-state index is 12.7. The summed E-state index contributed by atoms with van der Waals surface area (Å²) >= 11 is 0. The van der Waals surface area contributed by atoms with E-state index in [2.05, 4.69) is 25.3 Å². The number of halogens is 3. The summed E-state index contributed by atoms with van der Waals surface area (Å²) in [6.45, 7) is 1.80. The van der Waals surface area contributed by atoms with Gasteiger partial charge in [-0.25, -0.2) is 15.0 Å². The van der Waals surface area contributed by atoms with E-state index in [-0.39, 0.29) is 24.1 Å². The van der Waals surface area contributed by atoms with Crippen molar-refractivity contribution in [3.05, 3.63) is 12.2 Å². The van der Waals surface area contributed by atoms with Crippen molar-refractivity contribution < 1.29 is 18.3 Å². The van der Waals surface area contributed by atoms with Gasteiger partial charge in [-0.05, 0) is 12.8 Å². The predicted molar refractivity (Wildman–Crippen MR) is 66.1 cm³/mol. The van der Waals surface area contributed by atoms with E-state index in [0.717, 1.165) is 0 Å². The molecule has 0 saturated heterocycles. The molecule has 0 amide bonds. The summed E-state index contributed by atoms with van der Waals surface area (Å²) in [5, 5.41) is 11.8. The van der Waals surface area contributed by atoms with Crippen LogP contribution in [0.5, 0.6) is 0 Å². The quantitative estimate of drug-likeness (QED) is 0.783. The maximum absolute atomic E-state index is 12.7. The van der Waals surface area contributed by atoms with Gasteiger partial charge in [0, 0.05) is 12.6 Å². The number of aromatic nitrogens is 4. The third-order valence-corrected chi connectivity index (χ3v) is 2.85. The van der Waals surface area contributed by atoms with E-state index < -0.39 is 12.0 Å². The highest BCUT2D eigenvalue weighted by Gasteiger charge is 2.36. The molecule has 2 heterocycles. The molecule has 0 aliphatic carbocycles. The number of H-pyrrole nitrogens is 1. The third kappa shape index (κ3) is 2.98. The Bertz CT molecular complexity index is 583. The predicted octanol–water partition coefficient (Wildman–Crippen LogP) is 1.94. The van der Waals surface area contributed by atoms with Gasteiger partial charge in [0.05, 0.1) is 6.33 Å². The van der Waals surface area contributed by atoms with Crippen LogP contribution in [0, 0.1) is 0 Å². The molecule has 1 atom stereocenters. The van der Waals surface area contributed by atoms with Gasteiger partial charge in [0.1, 0.15) is 5.52 Å². The smallest absolute Gasteiger partial charge is 0.396 e. The van der Waals surface area contributed by atoms with Gasteiger partial charge in [-0.3, -0.25) is 0 Å². The highest BCUT2D eigenvalue weighted by Crippen LogP contribution is 2.29. The lowest BCUT2D eigenvalue weighted by molar-refractivity contribution is -0.144. The first-order valence-electron chi connectivity index (χ1n) is 6.11. The van der Waals surface area contributed by atoms with E-state index in [1.807, 2.05) is 6.92 Å². The number of aliphatic hydroxyl groups excluding tert-OH is 1. The highest BCUT2D eigenvalue weighted by molar-refractivity contribution is 5.82. The number of aromatic amines is 1. The topological polar surface area (TPSA) is 86.7 Å². The minimum atomic E-state index is -4.64. The number of imidazole rings is 1. The van der Waals surface area contributed by atoms with Crippen LogP contribution in [0.2, 0.25) is 0 Å². The fourth-order valence-electron chi connectivity index (χ4n) is 1.79. The summed E-state index contributed by atoms with van der Waals surface area (Å²) in [6, 6.07) is -0.178. The summed E-state index contributed by atoms with van der Waals surface area (Å²) in [5.74, 6) is -1.20. The van der Waals surface area contributed by atoms with Gasteiger partial charge in [0.15, 0.2) is 11.5 Å². The van der Waals surface area contributed by atoms with E-state index in [0.29, 0.717) is 18.4 Å². The molecule has 20 heavy (non-hydrogen) atoms. The van der Waals surface area contributed by atoms with Gasteiger partial charge in [-0.1, -0.05) is 6.92 Å². The second kappa shape index (κ2) is 5.61. The minimum absolute atomic E-state index is 0.0418. The number of nitrogens with one attached hydrogen (secondary N) is 2. The number of nitrogens with zero attached hydrogens (tertiary/aromatic N) is 3. The average Bonchev–Trinajstić information content (AvgIpc) is 2.85. The lowest BCUT2D eigenvalue weighted by Crippen LogP contribution is -2.22. The molecule has 0 bridgehead atoms. The number of rotatable bonds is 5. The molecule has 0 fully saturated rings. The molecule has 3 N–H and O–H groups in total. The van der Waals surface area contributed by atoms with Crippen LogP contribution in [0.1, 0.15) is 25.6 Å². The molecule has 0 saturated carbocycles. The van der Waals surface area contributed by atoms with E-state index in [1.165, 1.54) is 6.33 Å². The lowest BCUT2D eigenvalue weighted by Gasteiger charge is -2.17. The first kappa shape index (κ1) is 14.5.